The lowest BCUT2D eigenvalue weighted by molar-refractivity contribution is -0.139. The number of anilines is 3. The Hall–Kier alpha value is -3.90. The molecule has 2 heterocycles. The second-order valence-corrected chi connectivity index (χ2v) is 9.91. The summed E-state index contributed by atoms with van der Waals surface area (Å²) in [6.45, 7) is 2.07. The summed E-state index contributed by atoms with van der Waals surface area (Å²) >= 11 is 0. The Morgan fingerprint density at radius 3 is 2.79 bits per heavy atom. The Morgan fingerprint density at radius 1 is 1.21 bits per heavy atom. The molecule has 2 amide bonds. The standard InChI is InChI=1S/C27H38N8O4/c1-28-11-6-12-35(2)15-18-14-29-25-24(18)26(31-17-30-25)32-20-9-10-21(22(13-20)39-16-23(36)37)34-27(38)33-19-7-4-3-5-8-19/h9-10,13-14,17,19,28H,3-8,11-12,15-16H2,1-2H3,(H,36,37)(H2,33,34,38)(H2,29,30,31,32). The second-order valence-electron chi connectivity index (χ2n) is 9.91. The first-order valence-electron chi connectivity index (χ1n) is 13.4. The molecule has 0 bridgehead atoms. The zero-order valence-electron chi connectivity index (χ0n) is 22.5. The molecule has 0 unspecified atom stereocenters. The lowest BCUT2D eigenvalue weighted by atomic mass is 9.96. The van der Waals surface area contributed by atoms with Crippen molar-refractivity contribution in [3.05, 3.63) is 36.3 Å². The van der Waals surface area contributed by atoms with Crippen LogP contribution < -0.4 is 26.0 Å². The Labute approximate surface area is 227 Å². The lowest BCUT2D eigenvalue weighted by Gasteiger charge is -2.23. The smallest absolute Gasteiger partial charge is 0.341 e. The van der Waals surface area contributed by atoms with Gasteiger partial charge in [-0.3, -0.25) is 0 Å². The van der Waals surface area contributed by atoms with Crippen molar-refractivity contribution in [3.63, 3.8) is 0 Å². The van der Waals surface area contributed by atoms with Gasteiger partial charge < -0.3 is 41.0 Å². The third-order valence-electron chi connectivity index (χ3n) is 6.74. The minimum absolute atomic E-state index is 0.140. The number of rotatable bonds is 13. The van der Waals surface area contributed by atoms with Gasteiger partial charge in [0.15, 0.2) is 6.61 Å². The first-order valence-corrected chi connectivity index (χ1v) is 13.4. The van der Waals surface area contributed by atoms with Crippen molar-refractivity contribution in [2.45, 2.75) is 51.1 Å². The molecule has 1 saturated carbocycles. The fourth-order valence-electron chi connectivity index (χ4n) is 4.83. The quantitative estimate of drug-likeness (QED) is 0.179. The van der Waals surface area contributed by atoms with Crippen molar-refractivity contribution in [1.29, 1.82) is 0 Å². The average Bonchev–Trinajstić information content (AvgIpc) is 3.33. The monoisotopic (exact) mass is 538 g/mol. The normalized spacial score (nSPS) is 13.9. The summed E-state index contributed by atoms with van der Waals surface area (Å²) in [5.74, 6) is -0.260. The van der Waals surface area contributed by atoms with E-state index < -0.39 is 12.6 Å². The van der Waals surface area contributed by atoms with Crippen LogP contribution in [0, 0.1) is 0 Å². The number of carbonyl (C=O) groups excluding carboxylic acids is 1. The van der Waals surface area contributed by atoms with E-state index in [-0.39, 0.29) is 17.8 Å². The molecule has 1 aromatic carbocycles. The number of fused-ring (bicyclic) bond motifs is 1. The third-order valence-corrected chi connectivity index (χ3v) is 6.74. The maximum Gasteiger partial charge on any atom is 0.341 e. The van der Waals surface area contributed by atoms with Crippen molar-refractivity contribution in [3.8, 4) is 5.75 Å². The van der Waals surface area contributed by atoms with Crippen molar-refractivity contribution in [1.82, 2.24) is 30.5 Å². The molecule has 0 radical (unpaired) electrons. The molecule has 3 aromatic rings. The van der Waals surface area contributed by atoms with Crippen molar-refractivity contribution in [2.24, 2.45) is 0 Å². The van der Waals surface area contributed by atoms with E-state index in [0.29, 0.717) is 22.8 Å². The van der Waals surface area contributed by atoms with E-state index in [4.69, 9.17) is 9.84 Å². The fraction of sp³-hybridized carbons (Fsp3) is 0.481. The number of ether oxygens (including phenoxy) is 1. The van der Waals surface area contributed by atoms with Crippen LogP contribution in [0.15, 0.2) is 30.7 Å². The van der Waals surface area contributed by atoms with Gasteiger partial charge in [0, 0.05) is 30.5 Å². The van der Waals surface area contributed by atoms with E-state index >= 15 is 0 Å². The molecule has 0 atom stereocenters. The Morgan fingerprint density at radius 2 is 2.03 bits per heavy atom. The number of aliphatic carboxylic acids is 1. The maximum atomic E-state index is 12.6. The van der Waals surface area contributed by atoms with Crippen LogP contribution in [0.5, 0.6) is 5.75 Å². The maximum absolute atomic E-state index is 12.6. The van der Waals surface area contributed by atoms with E-state index in [1.807, 2.05) is 13.2 Å². The number of hydrogen-bond donors (Lipinski definition) is 6. The number of hydrogen-bond acceptors (Lipinski definition) is 8. The molecule has 6 N–H and O–H groups in total. The van der Waals surface area contributed by atoms with Crippen LogP contribution >= 0.6 is 0 Å². The summed E-state index contributed by atoms with van der Waals surface area (Å²) in [7, 11) is 4.02. The van der Waals surface area contributed by atoms with Crippen molar-refractivity contribution < 1.29 is 19.4 Å². The number of aromatic nitrogens is 3. The van der Waals surface area contributed by atoms with Crippen LogP contribution in [0.25, 0.3) is 11.0 Å². The molecule has 1 aliphatic carbocycles. The first-order chi connectivity index (χ1) is 18.9. The summed E-state index contributed by atoms with van der Waals surface area (Å²) in [6.07, 6.45) is 9.77. The third kappa shape index (κ3) is 8.04. The van der Waals surface area contributed by atoms with Gasteiger partial charge in [-0.05, 0) is 64.1 Å². The number of amides is 2. The predicted molar refractivity (Wildman–Crippen MR) is 151 cm³/mol. The van der Waals surface area contributed by atoms with Crippen molar-refractivity contribution in [2.75, 3.05) is 44.4 Å². The van der Waals surface area contributed by atoms with Gasteiger partial charge in [0.2, 0.25) is 0 Å². The number of nitrogens with one attached hydrogen (secondary N) is 5. The first kappa shape index (κ1) is 28.1. The number of carbonyl (C=O) groups is 2. The molecule has 12 heteroatoms. The molecule has 0 saturated heterocycles. The summed E-state index contributed by atoms with van der Waals surface area (Å²) in [6, 6.07) is 4.93. The zero-order chi connectivity index (χ0) is 27.6. The number of benzene rings is 1. The highest BCUT2D eigenvalue weighted by atomic mass is 16.5. The topological polar surface area (TPSA) is 157 Å². The molecule has 4 rings (SSSR count). The molecule has 39 heavy (non-hydrogen) atoms. The number of H-pyrrole nitrogens is 1. The predicted octanol–water partition coefficient (Wildman–Crippen LogP) is 3.66. The highest BCUT2D eigenvalue weighted by Crippen LogP contribution is 2.32. The molecule has 210 valence electrons. The molecule has 1 aliphatic rings. The minimum atomic E-state index is -1.11. The van der Waals surface area contributed by atoms with Crippen LogP contribution in [0.4, 0.5) is 22.0 Å². The molecule has 0 spiro atoms. The summed E-state index contributed by atoms with van der Waals surface area (Å²) < 4.78 is 5.53. The lowest BCUT2D eigenvalue weighted by Crippen LogP contribution is -2.39. The number of nitrogens with zero attached hydrogens (tertiary/aromatic N) is 3. The summed E-state index contributed by atoms with van der Waals surface area (Å²) in [4.78, 5) is 38.1. The fourth-order valence-corrected chi connectivity index (χ4v) is 4.83. The van der Waals surface area contributed by atoms with Gasteiger partial charge in [-0.25, -0.2) is 19.6 Å². The molecule has 0 aliphatic heterocycles. The number of aromatic amines is 1. The van der Waals surface area contributed by atoms with Gasteiger partial charge >= 0.3 is 12.0 Å². The number of urea groups is 1. The van der Waals surface area contributed by atoms with E-state index in [9.17, 15) is 9.59 Å². The summed E-state index contributed by atoms with van der Waals surface area (Å²) in [5.41, 5.74) is 2.78. The largest absolute Gasteiger partial charge is 0.480 e. The molecule has 2 aromatic heterocycles. The Bertz CT molecular complexity index is 1260. The zero-order valence-corrected chi connectivity index (χ0v) is 22.5. The van der Waals surface area contributed by atoms with Gasteiger partial charge in [-0.1, -0.05) is 19.3 Å². The van der Waals surface area contributed by atoms with Crippen LogP contribution in [0.3, 0.4) is 0 Å². The number of carboxylic acids is 1. The van der Waals surface area contributed by atoms with Gasteiger partial charge in [0.05, 0.1) is 11.1 Å². The van der Waals surface area contributed by atoms with E-state index in [0.717, 1.165) is 62.7 Å². The van der Waals surface area contributed by atoms with E-state index in [1.54, 1.807) is 18.2 Å². The van der Waals surface area contributed by atoms with E-state index in [2.05, 4.69) is 48.2 Å². The molecular weight excluding hydrogens is 500 g/mol. The van der Waals surface area contributed by atoms with Crippen LogP contribution in [-0.2, 0) is 11.3 Å². The minimum Gasteiger partial charge on any atom is -0.480 e. The van der Waals surface area contributed by atoms with Crippen LogP contribution in [0.2, 0.25) is 0 Å². The van der Waals surface area contributed by atoms with Gasteiger partial charge in [0.25, 0.3) is 0 Å². The van der Waals surface area contributed by atoms with Crippen LogP contribution in [-0.4, -0.2) is 76.8 Å². The highest BCUT2D eigenvalue weighted by molar-refractivity contribution is 5.94. The van der Waals surface area contributed by atoms with Crippen molar-refractivity contribution >= 4 is 40.2 Å². The van der Waals surface area contributed by atoms with E-state index in [1.165, 1.54) is 12.7 Å². The van der Waals surface area contributed by atoms with Gasteiger partial charge in [0.1, 0.15) is 23.5 Å². The average molecular weight is 539 g/mol. The highest BCUT2D eigenvalue weighted by Gasteiger charge is 2.18. The summed E-state index contributed by atoms with van der Waals surface area (Å²) in [5, 5.41) is 22.3. The molecular formula is C27H38N8O4. The Kier molecular flexibility index (Phi) is 9.92. The molecule has 1 fully saturated rings. The second kappa shape index (κ2) is 13.8. The Balaban J connectivity index is 1.52. The van der Waals surface area contributed by atoms with Crippen LogP contribution in [0.1, 0.15) is 44.1 Å². The number of carboxylic acid groups (broad SMARTS) is 1. The van der Waals surface area contributed by atoms with Gasteiger partial charge in [-0.15, -0.1) is 0 Å². The SMILES string of the molecule is CNCCCN(C)Cc1c[nH]c2ncnc(Nc3ccc(NC(=O)NC4CCCCC4)c(OCC(=O)O)c3)c12. The van der Waals surface area contributed by atoms with Gasteiger partial charge in [-0.2, -0.15) is 0 Å². The molecule has 12 nitrogen and oxygen atoms in total.